The van der Waals surface area contributed by atoms with Crippen molar-refractivity contribution in [2.24, 2.45) is 0 Å². The number of hydrogen-bond donors (Lipinski definition) is 0. The fourth-order valence-corrected chi connectivity index (χ4v) is 7.54. The van der Waals surface area contributed by atoms with Crippen molar-refractivity contribution < 1.29 is 4.74 Å². The topological polar surface area (TPSA) is 9.23 Å². The van der Waals surface area contributed by atoms with E-state index in [0.29, 0.717) is 0 Å². The second-order valence-electron chi connectivity index (χ2n) is 12.1. The third-order valence-corrected chi connectivity index (χ3v) is 9.59. The van der Waals surface area contributed by atoms with E-state index in [9.17, 15) is 0 Å². The lowest BCUT2D eigenvalue weighted by Gasteiger charge is -2.23. The van der Waals surface area contributed by atoms with E-state index in [0.717, 1.165) is 17.1 Å². The summed E-state index contributed by atoms with van der Waals surface area (Å²) >= 11 is 0. The van der Waals surface area contributed by atoms with Gasteiger partial charge in [0, 0.05) is 10.9 Å². The Morgan fingerprint density at radius 1 is 0.289 bits per heavy atom. The summed E-state index contributed by atoms with van der Waals surface area (Å²) in [6.07, 6.45) is 0. The van der Waals surface area contributed by atoms with Gasteiger partial charge in [0.15, 0.2) is 0 Å². The van der Waals surface area contributed by atoms with E-state index in [1.807, 2.05) is 0 Å². The molecule has 0 atom stereocenters. The lowest BCUT2D eigenvalue weighted by molar-refractivity contribution is 0.487. The molecule has 0 N–H and O–H groups in total. The van der Waals surface area contributed by atoms with Gasteiger partial charge in [0.1, 0.15) is 11.5 Å². The van der Waals surface area contributed by atoms with Crippen molar-refractivity contribution >= 4 is 43.1 Å². The number of fused-ring (bicyclic) bond motifs is 2. The Balaban J connectivity index is 1.17. The largest absolute Gasteiger partial charge is 0.456 e. The van der Waals surface area contributed by atoms with E-state index in [-0.39, 0.29) is 0 Å². The van der Waals surface area contributed by atoms with Crippen LogP contribution in [-0.4, -0.2) is 0 Å². The standard InChI is InChI=1S/C44H26O/c1-3-8-27(9-4-1)30-18-22-40-39(26-30)37-13-7-12-36-35(21-23-41(45-40)44(36)37)33-24-31-15-14-29-16-19-34(28-10-5-2-6-11-28)38-20-17-32(25-33)42(31)43(29)38/h1-26H. The van der Waals surface area contributed by atoms with Crippen molar-refractivity contribution in [2.75, 3.05) is 0 Å². The summed E-state index contributed by atoms with van der Waals surface area (Å²) in [4.78, 5) is 0. The molecule has 1 heteroatoms. The second kappa shape index (κ2) is 9.29. The fraction of sp³-hybridized carbons (Fsp3) is 0. The maximum Gasteiger partial charge on any atom is 0.135 e. The zero-order valence-electron chi connectivity index (χ0n) is 24.4. The average molecular weight is 571 g/mol. The van der Waals surface area contributed by atoms with Crippen molar-refractivity contribution in [3.05, 3.63) is 158 Å². The maximum atomic E-state index is 6.54. The molecule has 0 aromatic heterocycles. The SMILES string of the molecule is c1ccc(-c2ccc3c(c2)-c2cccc4c(-c5cc6ccc7ccc(-c8ccccc8)c8ccc(c5)c6c78)ccc(c24)O3)cc1. The summed E-state index contributed by atoms with van der Waals surface area (Å²) in [5.41, 5.74) is 9.72. The van der Waals surface area contributed by atoms with E-state index in [1.165, 1.54) is 82.0 Å². The minimum absolute atomic E-state index is 0.903. The number of rotatable bonds is 3. The van der Waals surface area contributed by atoms with Crippen LogP contribution in [0.4, 0.5) is 0 Å². The van der Waals surface area contributed by atoms with Gasteiger partial charge in [0.25, 0.3) is 0 Å². The predicted octanol–water partition coefficient (Wildman–Crippen LogP) is 12.5. The minimum Gasteiger partial charge on any atom is -0.456 e. The van der Waals surface area contributed by atoms with Crippen molar-refractivity contribution in [1.29, 1.82) is 0 Å². The molecule has 1 aliphatic rings. The molecule has 10 rings (SSSR count). The van der Waals surface area contributed by atoms with E-state index in [2.05, 4.69) is 158 Å². The quantitative estimate of drug-likeness (QED) is 0.192. The Hall–Kier alpha value is -5.92. The third kappa shape index (κ3) is 3.62. The van der Waals surface area contributed by atoms with Crippen LogP contribution in [0.25, 0.3) is 87.6 Å². The number of ether oxygens (including phenoxy) is 1. The van der Waals surface area contributed by atoms with Gasteiger partial charge >= 0.3 is 0 Å². The Bertz CT molecular complexity index is 2580. The van der Waals surface area contributed by atoms with Crippen LogP contribution in [0.1, 0.15) is 0 Å². The molecule has 0 aliphatic carbocycles. The molecule has 0 radical (unpaired) electrons. The van der Waals surface area contributed by atoms with Crippen LogP contribution in [-0.2, 0) is 0 Å². The molecule has 0 unspecified atom stereocenters. The zero-order chi connectivity index (χ0) is 29.5. The highest BCUT2D eigenvalue weighted by molar-refractivity contribution is 6.26. The van der Waals surface area contributed by atoms with Crippen molar-refractivity contribution in [1.82, 2.24) is 0 Å². The average Bonchev–Trinajstić information content (AvgIpc) is 3.11. The normalized spacial score (nSPS) is 12.2. The van der Waals surface area contributed by atoms with Gasteiger partial charge in [0.05, 0.1) is 0 Å². The van der Waals surface area contributed by atoms with Crippen LogP contribution in [0.15, 0.2) is 158 Å². The van der Waals surface area contributed by atoms with E-state index < -0.39 is 0 Å². The first-order chi connectivity index (χ1) is 22.3. The molecule has 1 aliphatic heterocycles. The van der Waals surface area contributed by atoms with Gasteiger partial charge < -0.3 is 4.74 Å². The van der Waals surface area contributed by atoms with E-state index in [1.54, 1.807) is 0 Å². The molecular weight excluding hydrogens is 544 g/mol. The minimum atomic E-state index is 0.903. The molecule has 45 heavy (non-hydrogen) atoms. The molecule has 0 fully saturated rings. The first kappa shape index (κ1) is 24.5. The lowest BCUT2D eigenvalue weighted by Crippen LogP contribution is -1.98. The molecule has 9 aromatic carbocycles. The van der Waals surface area contributed by atoms with Gasteiger partial charge in [-0.15, -0.1) is 0 Å². The Labute approximate surface area is 260 Å². The van der Waals surface area contributed by atoms with Crippen LogP contribution >= 0.6 is 0 Å². The fourth-order valence-electron chi connectivity index (χ4n) is 7.54. The third-order valence-electron chi connectivity index (χ3n) is 9.59. The Morgan fingerprint density at radius 2 is 0.933 bits per heavy atom. The van der Waals surface area contributed by atoms with Crippen LogP contribution in [0.2, 0.25) is 0 Å². The maximum absolute atomic E-state index is 6.54. The van der Waals surface area contributed by atoms with Gasteiger partial charge in [-0.25, -0.2) is 0 Å². The van der Waals surface area contributed by atoms with Crippen molar-refractivity contribution in [2.45, 2.75) is 0 Å². The summed E-state index contributed by atoms with van der Waals surface area (Å²) in [5, 5.41) is 10.2. The smallest absolute Gasteiger partial charge is 0.135 e. The van der Waals surface area contributed by atoms with Crippen molar-refractivity contribution in [3.8, 4) is 56.0 Å². The van der Waals surface area contributed by atoms with Gasteiger partial charge in [-0.3, -0.25) is 0 Å². The zero-order valence-corrected chi connectivity index (χ0v) is 24.4. The molecule has 0 amide bonds. The Kier molecular flexibility index (Phi) is 5.06. The van der Waals surface area contributed by atoms with Crippen LogP contribution in [0.3, 0.4) is 0 Å². The van der Waals surface area contributed by atoms with Gasteiger partial charge in [-0.1, -0.05) is 127 Å². The van der Waals surface area contributed by atoms with Crippen LogP contribution in [0.5, 0.6) is 11.5 Å². The molecule has 0 spiro atoms. The molecular formula is C44H26O. The van der Waals surface area contributed by atoms with E-state index in [4.69, 9.17) is 4.74 Å². The summed E-state index contributed by atoms with van der Waals surface area (Å²) in [5.74, 6) is 1.82. The Morgan fingerprint density at radius 3 is 1.76 bits per heavy atom. The summed E-state index contributed by atoms with van der Waals surface area (Å²) in [6, 6.07) is 57.3. The van der Waals surface area contributed by atoms with Gasteiger partial charge in [-0.05, 0) is 107 Å². The van der Waals surface area contributed by atoms with Gasteiger partial charge in [0.2, 0.25) is 0 Å². The molecule has 0 saturated heterocycles. The molecule has 0 saturated carbocycles. The molecule has 1 nitrogen and oxygen atoms in total. The number of benzene rings is 9. The van der Waals surface area contributed by atoms with Crippen LogP contribution in [0, 0.1) is 0 Å². The van der Waals surface area contributed by atoms with Crippen molar-refractivity contribution in [3.63, 3.8) is 0 Å². The van der Waals surface area contributed by atoms with Crippen LogP contribution < -0.4 is 4.74 Å². The summed E-state index contributed by atoms with van der Waals surface area (Å²) in [7, 11) is 0. The molecule has 208 valence electrons. The highest BCUT2D eigenvalue weighted by Gasteiger charge is 2.23. The highest BCUT2D eigenvalue weighted by Crippen LogP contribution is 2.50. The first-order valence-electron chi connectivity index (χ1n) is 15.5. The second-order valence-corrected chi connectivity index (χ2v) is 12.1. The summed E-state index contributed by atoms with van der Waals surface area (Å²) in [6.45, 7) is 0. The predicted molar refractivity (Wildman–Crippen MR) is 189 cm³/mol. The molecule has 9 aromatic rings. The summed E-state index contributed by atoms with van der Waals surface area (Å²) < 4.78 is 6.54. The van der Waals surface area contributed by atoms with E-state index >= 15 is 0 Å². The number of hydrogen-bond acceptors (Lipinski definition) is 1. The molecule has 1 heterocycles. The molecule has 0 bridgehead atoms. The first-order valence-corrected chi connectivity index (χ1v) is 15.5. The highest BCUT2D eigenvalue weighted by atomic mass is 16.5. The lowest BCUT2D eigenvalue weighted by atomic mass is 9.86. The monoisotopic (exact) mass is 570 g/mol. The van der Waals surface area contributed by atoms with Gasteiger partial charge in [-0.2, -0.15) is 0 Å².